The Bertz CT molecular complexity index is 230. The number of anilines is 1. The van der Waals surface area contributed by atoms with Gasteiger partial charge in [-0.1, -0.05) is 33.6 Å². The molecule has 12 heavy (non-hydrogen) atoms. The summed E-state index contributed by atoms with van der Waals surface area (Å²) in [4.78, 5) is 2.23. The van der Waals surface area contributed by atoms with Gasteiger partial charge in [-0.05, 0) is 19.1 Å². The normalized spacial score (nSPS) is 9.92. The van der Waals surface area contributed by atoms with Crippen LogP contribution in [0.3, 0.4) is 0 Å². The minimum Gasteiger partial charge on any atom is -0.374 e. The van der Waals surface area contributed by atoms with Crippen molar-refractivity contribution >= 4 is 21.6 Å². The second-order valence-corrected chi connectivity index (χ2v) is 3.74. The van der Waals surface area contributed by atoms with Crippen LogP contribution in [0.5, 0.6) is 0 Å². The third-order valence-electron chi connectivity index (χ3n) is 1.89. The van der Waals surface area contributed by atoms with E-state index in [0.717, 1.165) is 11.9 Å². The minimum atomic E-state index is 1.01. The Kier molecular flexibility index (Phi) is 3.60. The van der Waals surface area contributed by atoms with E-state index in [4.69, 9.17) is 0 Å². The molecule has 1 aromatic rings. The molecule has 0 aliphatic carbocycles. The molecule has 1 nitrogen and oxygen atoms in total. The van der Waals surface area contributed by atoms with E-state index in [-0.39, 0.29) is 0 Å². The molecule has 0 aromatic heterocycles. The third-order valence-corrected chi connectivity index (χ3v) is 2.25. The molecule has 0 atom stereocenters. The van der Waals surface area contributed by atoms with E-state index in [1.807, 2.05) is 0 Å². The van der Waals surface area contributed by atoms with Crippen LogP contribution in [-0.2, 0) is 0 Å². The predicted octanol–water partition coefficient (Wildman–Crippen LogP) is 2.83. The Morgan fingerprint density at radius 3 is 2.33 bits per heavy atom. The summed E-state index contributed by atoms with van der Waals surface area (Å²) >= 11 is 3.42. The summed E-state index contributed by atoms with van der Waals surface area (Å²) in [6.45, 7) is 3.15. The first-order valence-electron chi connectivity index (χ1n) is 4.08. The van der Waals surface area contributed by atoms with Gasteiger partial charge in [0.05, 0.1) is 0 Å². The average molecular weight is 228 g/mol. The van der Waals surface area contributed by atoms with Gasteiger partial charge < -0.3 is 4.90 Å². The Labute approximate surface area is 82.5 Å². The zero-order valence-electron chi connectivity index (χ0n) is 7.55. The largest absolute Gasteiger partial charge is 0.374 e. The first-order chi connectivity index (χ1) is 5.74. The summed E-state index contributed by atoms with van der Waals surface area (Å²) in [5.74, 6) is 0. The quantitative estimate of drug-likeness (QED) is 0.719. The number of aryl methyl sites for hydroxylation is 1. The van der Waals surface area contributed by atoms with Gasteiger partial charge >= 0.3 is 0 Å². The summed E-state index contributed by atoms with van der Waals surface area (Å²) < 4.78 is 0. The van der Waals surface area contributed by atoms with Crippen LogP contribution >= 0.6 is 15.9 Å². The van der Waals surface area contributed by atoms with Crippen LogP contribution in [0.25, 0.3) is 0 Å². The van der Waals surface area contributed by atoms with Gasteiger partial charge in [-0.15, -0.1) is 0 Å². The van der Waals surface area contributed by atoms with Crippen LogP contribution in [0.2, 0.25) is 0 Å². The first kappa shape index (κ1) is 9.59. The fourth-order valence-electron chi connectivity index (χ4n) is 1.06. The fraction of sp³-hybridized carbons (Fsp3) is 0.400. The molecule has 1 aromatic carbocycles. The lowest BCUT2D eigenvalue weighted by Gasteiger charge is -2.17. The molecule has 0 aliphatic heterocycles. The molecular formula is C10H14BrN. The van der Waals surface area contributed by atoms with Crippen molar-refractivity contribution in [3.63, 3.8) is 0 Å². The van der Waals surface area contributed by atoms with Crippen LogP contribution in [0, 0.1) is 6.92 Å². The lowest BCUT2D eigenvalue weighted by Crippen LogP contribution is -2.19. The van der Waals surface area contributed by atoms with Gasteiger partial charge in [-0.3, -0.25) is 0 Å². The molecule has 0 saturated heterocycles. The summed E-state index contributed by atoms with van der Waals surface area (Å²) in [7, 11) is 2.10. The third kappa shape index (κ3) is 2.52. The van der Waals surface area contributed by atoms with Crippen LogP contribution in [0.1, 0.15) is 5.56 Å². The Balaban J connectivity index is 2.68. The molecule has 0 fully saturated rings. The summed E-state index contributed by atoms with van der Waals surface area (Å²) in [6.07, 6.45) is 0. The SMILES string of the molecule is Cc1ccc(N(C)CCBr)cc1. The van der Waals surface area contributed by atoms with Crippen molar-refractivity contribution < 1.29 is 0 Å². The molecule has 0 unspecified atom stereocenters. The average Bonchev–Trinajstić information content (AvgIpc) is 2.06. The van der Waals surface area contributed by atoms with E-state index in [9.17, 15) is 0 Å². The molecule has 2 heteroatoms. The number of hydrogen-bond acceptors (Lipinski definition) is 1. The highest BCUT2D eigenvalue weighted by atomic mass is 79.9. The Morgan fingerprint density at radius 1 is 1.25 bits per heavy atom. The molecule has 0 saturated carbocycles. The number of benzene rings is 1. The molecule has 0 N–H and O–H groups in total. The van der Waals surface area contributed by atoms with Crippen molar-refractivity contribution in [1.29, 1.82) is 0 Å². The minimum absolute atomic E-state index is 1.01. The smallest absolute Gasteiger partial charge is 0.0364 e. The molecule has 0 spiro atoms. The second-order valence-electron chi connectivity index (χ2n) is 2.95. The number of rotatable bonds is 3. The van der Waals surface area contributed by atoms with Crippen molar-refractivity contribution in [2.24, 2.45) is 0 Å². The van der Waals surface area contributed by atoms with E-state index < -0.39 is 0 Å². The summed E-state index contributed by atoms with van der Waals surface area (Å²) in [6, 6.07) is 8.58. The lowest BCUT2D eigenvalue weighted by atomic mass is 10.2. The van der Waals surface area contributed by atoms with Gasteiger partial charge in [-0.25, -0.2) is 0 Å². The van der Waals surface area contributed by atoms with Gasteiger partial charge in [0.25, 0.3) is 0 Å². The molecule has 1 rings (SSSR count). The summed E-state index contributed by atoms with van der Waals surface area (Å²) in [5.41, 5.74) is 2.59. The van der Waals surface area contributed by atoms with Gasteiger partial charge in [0.2, 0.25) is 0 Å². The van der Waals surface area contributed by atoms with Crippen molar-refractivity contribution in [1.82, 2.24) is 0 Å². The van der Waals surface area contributed by atoms with Crippen molar-refractivity contribution in [2.75, 3.05) is 23.8 Å². The van der Waals surface area contributed by atoms with Crippen LogP contribution in [0.4, 0.5) is 5.69 Å². The lowest BCUT2D eigenvalue weighted by molar-refractivity contribution is 0.982. The highest BCUT2D eigenvalue weighted by Crippen LogP contribution is 2.12. The van der Waals surface area contributed by atoms with Gasteiger partial charge in [-0.2, -0.15) is 0 Å². The monoisotopic (exact) mass is 227 g/mol. The van der Waals surface area contributed by atoms with E-state index in [1.165, 1.54) is 11.3 Å². The predicted molar refractivity (Wildman–Crippen MR) is 58.2 cm³/mol. The first-order valence-corrected chi connectivity index (χ1v) is 5.20. The van der Waals surface area contributed by atoms with E-state index in [2.05, 4.69) is 59.1 Å². The van der Waals surface area contributed by atoms with Crippen molar-refractivity contribution in [3.05, 3.63) is 29.8 Å². The topological polar surface area (TPSA) is 3.24 Å². The zero-order chi connectivity index (χ0) is 8.97. The van der Waals surface area contributed by atoms with Crippen molar-refractivity contribution in [3.8, 4) is 0 Å². The van der Waals surface area contributed by atoms with E-state index >= 15 is 0 Å². The number of hydrogen-bond donors (Lipinski definition) is 0. The van der Waals surface area contributed by atoms with E-state index in [0.29, 0.717) is 0 Å². The summed E-state index contributed by atoms with van der Waals surface area (Å²) in [5, 5.41) is 1.01. The van der Waals surface area contributed by atoms with E-state index in [1.54, 1.807) is 0 Å². The van der Waals surface area contributed by atoms with Crippen LogP contribution in [0.15, 0.2) is 24.3 Å². The fourth-order valence-corrected chi connectivity index (χ4v) is 1.59. The molecule has 0 aliphatic rings. The highest BCUT2D eigenvalue weighted by molar-refractivity contribution is 9.09. The molecule has 0 bridgehead atoms. The van der Waals surface area contributed by atoms with Crippen LogP contribution in [-0.4, -0.2) is 18.9 Å². The van der Waals surface area contributed by atoms with Crippen molar-refractivity contribution in [2.45, 2.75) is 6.92 Å². The maximum absolute atomic E-state index is 3.42. The van der Waals surface area contributed by atoms with Gasteiger partial charge in [0.15, 0.2) is 0 Å². The highest BCUT2D eigenvalue weighted by Gasteiger charge is 1.97. The standard InChI is InChI=1S/C10H14BrN/c1-9-3-5-10(6-4-9)12(2)8-7-11/h3-6H,7-8H2,1-2H3. The molecular weight excluding hydrogens is 214 g/mol. The van der Waals surface area contributed by atoms with Gasteiger partial charge in [0.1, 0.15) is 0 Å². The Hall–Kier alpha value is -0.500. The molecule has 0 radical (unpaired) electrons. The maximum atomic E-state index is 3.42. The molecule has 0 heterocycles. The zero-order valence-corrected chi connectivity index (χ0v) is 9.13. The Morgan fingerprint density at radius 2 is 1.83 bits per heavy atom. The number of nitrogens with zero attached hydrogens (tertiary/aromatic N) is 1. The number of alkyl halides is 1. The molecule has 0 amide bonds. The second kappa shape index (κ2) is 4.51. The molecule has 66 valence electrons. The maximum Gasteiger partial charge on any atom is 0.0364 e. The van der Waals surface area contributed by atoms with Gasteiger partial charge in [0, 0.05) is 24.6 Å². The number of halogens is 1. The van der Waals surface area contributed by atoms with Crippen LogP contribution < -0.4 is 4.90 Å².